The van der Waals surface area contributed by atoms with Gasteiger partial charge in [-0.25, -0.2) is 4.98 Å². The Hall–Kier alpha value is -2.07. The van der Waals surface area contributed by atoms with E-state index >= 15 is 0 Å². The molecule has 0 atom stereocenters. The topological polar surface area (TPSA) is 24.3 Å². The van der Waals surface area contributed by atoms with E-state index in [4.69, 9.17) is 0 Å². The molecule has 136 valence electrons. The molecule has 0 saturated carbocycles. The van der Waals surface area contributed by atoms with Crippen LogP contribution in [-0.2, 0) is 0 Å². The maximum absolute atomic E-state index is 4.11. The van der Waals surface area contributed by atoms with E-state index in [9.17, 15) is 0 Å². The van der Waals surface area contributed by atoms with E-state index in [1.165, 1.54) is 44.6 Å². The normalized spacial score (nSPS) is 11.0. The number of nitrogens with zero attached hydrogens (tertiary/aromatic N) is 4. The van der Waals surface area contributed by atoms with Crippen LogP contribution in [0.25, 0.3) is 5.69 Å². The van der Waals surface area contributed by atoms with Crippen LogP contribution in [0.5, 0.6) is 0 Å². The van der Waals surface area contributed by atoms with Gasteiger partial charge in [0, 0.05) is 36.9 Å². The standard InChI is InChI=1S/C21H32N4/c1-4-13-23(14-5-2)16-7-17-24(15-6-3)20-8-10-21(11-9-20)25-18-12-22-19-25/h6,8-12,18-19H,3-5,7,13-17H2,1-2H3. The van der Waals surface area contributed by atoms with Gasteiger partial charge >= 0.3 is 0 Å². The predicted octanol–water partition coefficient (Wildman–Crippen LogP) is 4.38. The minimum Gasteiger partial charge on any atom is -0.368 e. The number of aromatic nitrogens is 2. The minimum absolute atomic E-state index is 0.881. The molecule has 0 N–H and O–H groups in total. The van der Waals surface area contributed by atoms with E-state index < -0.39 is 0 Å². The number of hydrogen-bond acceptors (Lipinski definition) is 3. The molecule has 0 aliphatic rings. The molecule has 4 nitrogen and oxygen atoms in total. The van der Waals surface area contributed by atoms with Gasteiger partial charge in [-0.2, -0.15) is 0 Å². The predicted molar refractivity (Wildman–Crippen MR) is 108 cm³/mol. The molecule has 0 aliphatic carbocycles. The summed E-state index contributed by atoms with van der Waals surface area (Å²) in [4.78, 5) is 9.09. The summed E-state index contributed by atoms with van der Waals surface area (Å²) in [5.41, 5.74) is 2.39. The summed E-state index contributed by atoms with van der Waals surface area (Å²) in [6, 6.07) is 8.67. The van der Waals surface area contributed by atoms with Crippen LogP contribution in [0.1, 0.15) is 33.1 Å². The van der Waals surface area contributed by atoms with Gasteiger partial charge in [0.15, 0.2) is 0 Å². The molecule has 0 unspecified atom stereocenters. The summed E-state index contributed by atoms with van der Waals surface area (Å²) in [5.74, 6) is 0. The summed E-state index contributed by atoms with van der Waals surface area (Å²) in [7, 11) is 0. The summed E-state index contributed by atoms with van der Waals surface area (Å²) in [5, 5.41) is 0. The third-order valence-electron chi connectivity index (χ3n) is 4.35. The highest BCUT2D eigenvalue weighted by Crippen LogP contribution is 2.18. The van der Waals surface area contributed by atoms with E-state index in [2.05, 4.69) is 59.5 Å². The molecule has 1 aromatic carbocycles. The zero-order valence-corrected chi connectivity index (χ0v) is 15.8. The molecule has 1 heterocycles. The van der Waals surface area contributed by atoms with Gasteiger partial charge in [0.05, 0.1) is 6.33 Å². The van der Waals surface area contributed by atoms with Crippen LogP contribution in [0.2, 0.25) is 0 Å². The minimum atomic E-state index is 0.881. The summed E-state index contributed by atoms with van der Waals surface area (Å²) < 4.78 is 2.02. The van der Waals surface area contributed by atoms with Gasteiger partial charge in [0.25, 0.3) is 0 Å². The van der Waals surface area contributed by atoms with Crippen molar-refractivity contribution in [2.75, 3.05) is 37.6 Å². The van der Waals surface area contributed by atoms with Crippen molar-refractivity contribution in [3.63, 3.8) is 0 Å². The second kappa shape index (κ2) is 10.7. The third kappa shape index (κ3) is 6.05. The zero-order valence-electron chi connectivity index (χ0n) is 15.8. The fourth-order valence-electron chi connectivity index (χ4n) is 3.18. The highest BCUT2D eigenvalue weighted by atomic mass is 15.1. The summed E-state index contributed by atoms with van der Waals surface area (Å²) in [6.07, 6.45) is 11.2. The van der Waals surface area contributed by atoms with Crippen LogP contribution in [0, 0.1) is 0 Å². The Bertz CT molecular complexity index is 583. The van der Waals surface area contributed by atoms with Crippen molar-refractivity contribution in [1.82, 2.24) is 14.5 Å². The van der Waals surface area contributed by atoms with Crippen LogP contribution in [-0.4, -0.2) is 47.2 Å². The first-order chi connectivity index (χ1) is 12.3. The molecule has 2 rings (SSSR count). The smallest absolute Gasteiger partial charge is 0.0991 e. The van der Waals surface area contributed by atoms with Gasteiger partial charge in [-0.3, -0.25) is 0 Å². The van der Waals surface area contributed by atoms with Gasteiger partial charge in [-0.05, 0) is 63.2 Å². The van der Waals surface area contributed by atoms with Crippen molar-refractivity contribution in [3.8, 4) is 5.69 Å². The average Bonchev–Trinajstić information content (AvgIpc) is 3.16. The highest BCUT2D eigenvalue weighted by Gasteiger charge is 2.07. The van der Waals surface area contributed by atoms with E-state index in [-0.39, 0.29) is 0 Å². The Morgan fingerprint density at radius 1 is 1.04 bits per heavy atom. The molecule has 0 fully saturated rings. The third-order valence-corrected chi connectivity index (χ3v) is 4.35. The monoisotopic (exact) mass is 340 g/mol. The number of imidazole rings is 1. The first kappa shape index (κ1) is 19.3. The Morgan fingerprint density at radius 3 is 2.32 bits per heavy atom. The highest BCUT2D eigenvalue weighted by molar-refractivity contribution is 5.51. The largest absolute Gasteiger partial charge is 0.368 e. The van der Waals surface area contributed by atoms with Gasteiger partial charge in [0.1, 0.15) is 0 Å². The van der Waals surface area contributed by atoms with Crippen molar-refractivity contribution >= 4 is 5.69 Å². The molecule has 2 aromatic rings. The van der Waals surface area contributed by atoms with Crippen LogP contribution in [0.3, 0.4) is 0 Å². The number of rotatable bonds is 12. The molecule has 0 aliphatic heterocycles. The Morgan fingerprint density at radius 2 is 1.76 bits per heavy atom. The van der Waals surface area contributed by atoms with Crippen molar-refractivity contribution in [2.45, 2.75) is 33.1 Å². The summed E-state index contributed by atoms with van der Waals surface area (Å²) in [6.45, 7) is 14.0. The quantitative estimate of drug-likeness (QED) is 0.536. The van der Waals surface area contributed by atoms with Gasteiger partial charge in [0.2, 0.25) is 0 Å². The van der Waals surface area contributed by atoms with Crippen LogP contribution in [0.15, 0.2) is 55.6 Å². The molecular formula is C21H32N4. The van der Waals surface area contributed by atoms with Gasteiger partial charge < -0.3 is 14.4 Å². The first-order valence-electron chi connectivity index (χ1n) is 9.45. The Labute approximate surface area is 152 Å². The molecule has 0 bridgehead atoms. The van der Waals surface area contributed by atoms with Crippen molar-refractivity contribution < 1.29 is 0 Å². The number of anilines is 1. The lowest BCUT2D eigenvalue weighted by atomic mass is 10.2. The molecule has 0 spiro atoms. The number of hydrogen-bond donors (Lipinski definition) is 0. The molecule has 4 heteroatoms. The molecule has 0 saturated heterocycles. The SMILES string of the molecule is C=CCN(CCCN(CCC)CCC)c1ccc(-n2ccnc2)cc1. The van der Waals surface area contributed by atoms with Crippen LogP contribution < -0.4 is 4.90 Å². The molecule has 1 aromatic heterocycles. The van der Waals surface area contributed by atoms with Crippen LogP contribution >= 0.6 is 0 Å². The van der Waals surface area contributed by atoms with Gasteiger partial charge in [-0.1, -0.05) is 19.9 Å². The van der Waals surface area contributed by atoms with E-state index in [0.29, 0.717) is 0 Å². The fraction of sp³-hybridized carbons (Fsp3) is 0.476. The second-order valence-electron chi connectivity index (χ2n) is 6.42. The van der Waals surface area contributed by atoms with Crippen molar-refractivity contribution in [1.29, 1.82) is 0 Å². The number of benzene rings is 1. The fourth-order valence-corrected chi connectivity index (χ4v) is 3.18. The van der Waals surface area contributed by atoms with E-state index in [0.717, 1.165) is 18.8 Å². The lowest BCUT2D eigenvalue weighted by Crippen LogP contribution is -2.31. The van der Waals surface area contributed by atoms with E-state index in [1.807, 2.05) is 23.2 Å². The second-order valence-corrected chi connectivity index (χ2v) is 6.42. The van der Waals surface area contributed by atoms with Crippen molar-refractivity contribution in [2.24, 2.45) is 0 Å². The maximum Gasteiger partial charge on any atom is 0.0991 e. The lowest BCUT2D eigenvalue weighted by molar-refractivity contribution is 0.272. The van der Waals surface area contributed by atoms with Crippen LogP contribution in [0.4, 0.5) is 5.69 Å². The molecular weight excluding hydrogens is 308 g/mol. The van der Waals surface area contributed by atoms with Gasteiger partial charge in [-0.15, -0.1) is 6.58 Å². The molecule has 25 heavy (non-hydrogen) atoms. The molecule has 0 radical (unpaired) electrons. The maximum atomic E-state index is 4.11. The Kier molecular flexibility index (Phi) is 8.26. The average molecular weight is 341 g/mol. The van der Waals surface area contributed by atoms with Crippen molar-refractivity contribution in [3.05, 3.63) is 55.6 Å². The summed E-state index contributed by atoms with van der Waals surface area (Å²) >= 11 is 0. The zero-order chi connectivity index (χ0) is 17.9. The van der Waals surface area contributed by atoms with E-state index in [1.54, 1.807) is 6.20 Å². The lowest BCUT2D eigenvalue weighted by Gasteiger charge is -2.26. The Balaban J connectivity index is 1.94. The molecule has 0 amide bonds. The first-order valence-corrected chi connectivity index (χ1v) is 9.45.